The van der Waals surface area contributed by atoms with Crippen molar-refractivity contribution >= 4 is 5.97 Å². The highest BCUT2D eigenvalue weighted by Gasteiger charge is 2.73. The van der Waals surface area contributed by atoms with Crippen molar-refractivity contribution in [2.75, 3.05) is 6.61 Å². The molecule has 4 nitrogen and oxygen atoms in total. The number of hydrogen-bond acceptors (Lipinski definition) is 4. The Morgan fingerprint density at radius 2 is 1.54 bits per heavy atom. The van der Waals surface area contributed by atoms with E-state index >= 15 is 0 Å². The van der Waals surface area contributed by atoms with E-state index < -0.39 is 36.7 Å². The number of carbonyl (C=O) groups is 1. The summed E-state index contributed by atoms with van der Waals surface area (Å²) in [5.41, 5.74) is 0. The fourth-order valence-electron chi connectivity index (χ4n) is 1.95. The van der Waals surface area contributed by atoms with E-state index in [-0.39, 0.29) is 6.42 Å². The Hall–Kier alpha value is -1.73. The largest absolute Gasteiger partial charge is 0.460 e. The predicted octanol–water partition coefficient (Wildman–Crippen LogP) is 4.98. The summed E-state index contributed by atoms with van der Waals surface area (Å²) in [5, 5.41) is 8.43. The smallest absolute Gasteiger partial charge is 0.456 e. The van der Waals surface area contributed by atoms with Gasteiger partial charge in [0.1, 0.15) is 0 Å². The number of unbranched alkanes of at least 4 members (excludes halogenated alkanes) is 5. The zero-order valence-electron chi connectivity index (χ0n) is 14.1. The van der Waals surface area contributed by atoms with Gasteiger partial charge in [-0.1, -0.05) is 39.0 Å². The minimum Gasteiger partial charge on any atom is -0.456 e. The van der Waals surface area contributed by atoms with Crippen LogP contribution in [0.25, 0.3) is 0 Å². The second kappa shape index (κ2) is 10.4. The maximum absolute atomic E-state index is 13.1. The summed E-state index contributed by atoms with van der Waals surface area (Å²) in [5.74, 6) is -13.6. The highest BCUT2D eigenvalue weighted by molar-refractivity contribution is 5.74. The number of halogens is 7. The van der Waals surface area contributed by atoms with Gasteiger partial charge in [0.05, 0.1) is 0 Å². The molecule has 1 unspecified atom stereocenters. The van der Waals surface area contributed by atoms with E-state index in [1.54, 1.807) is 0 Å². The Morgan fingerprint density at radius 3 is 2.04 bits per heavy atom. The number of rotatable bonds is 12. The highest BCUT2D eigenvalue weighted by atomic mass is 19.4. The lowest BCUT2D eigenvalue weighted by Gasteiger charge is -2.28. The molecular formula is C15H20F7NO3. The third kappa shape index (κ3) is 7.25. The van der Waals surface area contributed by atoms with Crippen LogP contribution in [0.15, 0.2) is 0 Å². The highest BCUT2D eigenvalue weighted by Crippen LogP contribution is 2.46. The lowest BCUT2D eigenvalue weighted by atomic mass is 10.1. The molecule has 0 aliphatic rings. The molecule has 0 aromatic carbocycles. The average molecular weight is 395 g/mol. The van der Waals surface area contributed by atoms with Crippen molar-refractivity contribution in [3.05, 3.63) is 0 Å². The summed E-state index contributed by atoms with van der Waals surface area (Å²) in [6.07, 6.45) is -2.36. The van der Waals surface area contributed by atoms with Crippen LogP contribution in [0.1, 0.15) is 51.9 Å². The summed E-state index contributed by atoms with van der Waals surface area (Å²) in [4.78, 5) is 11.6. The second-order valence-corrected chi connectivity index (χ2v) is 5.64. The van der Waals surface area contributed by atoms with Crippen LogP contribution in [0, 0.1) is 11.5 Å². The van der Waals surface area contributed by atoms with Gasteiger partial charge >= 0.3 is 24.0 Å². The van der Waals surface area contributed by atoms with E-state index in [9.17, 15) is 35.5 Å². The quantitative estimate of drug-likeness (QED) is 0.202. The first-order valence-corrected chi connectivity index (χ1v) is 7.94. The zero-order valence-corrected chi connectivity index (χ0v) is 14.1. The molecule has 0 aromatic rings. The van der Waals surface area contributed by atoms with E-state index in [0.29, 0.717) is 12.8 Å². The van der Waals surface area contributed by atoms with E-state index in [2.05, 4.69) is 9.47 Å². The molecule has 11 heteroatoms. The van der Waals surface area contributed by atoms with Crippen LogP contribution in [-0.2, 0) is 14.3 Å². The molecule has 0 bridgehead atoms. The van der Waals surface area contributed by atoms with Crippen LogP contribution in [0.5, 0.6) is 0 Å². The van der Waals surface area contributed by atoms with Gasteiger partial charge in [0.15, 0.2) is 6.61 Å². The van der Waals surface area contributed by atoms with Crippen molar-refractivity contribution in [3.63, 3.8) is 0 Å². The normalized spacial score (nSPS) is 13.8. The first-order chi connectivity index (χ1) is 11.9. The van der Waals surface area contributed by atoms with Gasteiger partial charge in [0, 0.05) is 0 Å². The molecule has 0 rings (SSSR count). The van der Waals surface area contributed by atoms with Crippen molar-refractivity contribution in [1.29, 1.82) is 5.26 Å². The van der Waals surface area contributed by atoms with E-state index in [0.717, 1.165) is 31.9 Å². The predicted molar refractivity (Wildman–Crippen MR) is 75.4 cm³/mol. The van der Waals surface area contributed by atoms with Crippen LogP contribution in [-0.4, -0.2) is 36.7 Å². The minimum atomic E-state index is -6.51. The Labute approximate surface area is 146 Å². The molecule has 0 aromatic heterocycles. The number of ether oxygens (including phenoxy) is 2. The molecule has 0 amide bonds. The monoisotopic (exact) mass is 395 g/mol. The standard InChI is InChI=1S/C15H20F7NO3/c1-2-3-4-5-6-7-8-11(26-10-23)12(24)25-9-13(16,17)14(18,19)15(20,21)22/h11H,2-9H2,1H3. The zero-order chi connectivity index (χ0) is 20.4. The fraction of sp³-hybridized carbons (Fsp3) is 0.867. The molecule has 0 saturated heterocycles. The molecule has 152 valence electrons. The first kappa shape index (κ1) is 24.3. The van der Waals surface area contributed by atoms with E-state index in [1.807, 2.05) is 6.92 Å². The Bertz CT molecular complexity index is 475. The molecular weight excluding hydrogens is 375 g/mol. The number of hydrogen-bond donors (Lipinski definition) is 0. The number of esters is 1. The molecule has 26 heavy (non-hydrogen) atoms. The van der Waals surface area contributed by atoms with Gasteiger partial charge in [-0.3, -0.25) is 0 Å². The maximum Gasteiger partial charge on any atom is 0.460 e. The summed E-state index contributed by atoms with van der Waals surface area (Å²) in [6, 6.07) is 0. The van der Waals surface area contributed by atoms with Crippen LogP contribution in [0.3, 0.4) is 0 Å². The molecule has 0 saturated carbocycles. The van der Waals surface area contributed by atoms with Crippen molar-refractivity contribution in [1.82, 2.24) is 0 Å². The van der Waals surface area contributed by atoms with Gasteiger partial charge in [-0.15, -0.1) is 0 Å². The molecule has 0 spiro atoms. The van der Waals surface area contributed by atoms with E-state index in [4.69, 9.17) is 5.26 Å². The number of carbonyl (C=O) groups excluding carboxylic acids is 1. The molecule has 0 aliphatic heterocycles. The topological polar surface area (TPSA) is 59.3 Å². The lowest BCUT2D eigenvalue weighted by Crippen LogP contribution is -2.54. The Morgan fingerprint density at radius 1 is 1.00 bits per heavy atom. The number of alkyl halides is 7. The van der Waals surface area contributed by atoms with Crippen molar-refractivity contribution in [2.24, 2.45) is 0 Å². The van der Waals surface area contributed by atoms with Gasteiger partial charge in [-0.05, 0) is 12.8 Å². The van der Waals surface area contributed by atoms with Crippen LogP contribution < -0.4 is 0 Å². The van der Waals surface area contributed by atoms with Gasteiger partial charge in [-0.2, -0.15) is 36.0 Å². The van der Waals surface area contributed by atoms with Gasteiger partial charge < -0.3 is 9.47 Å². The maximum atomic E-state index is 13.1. The lowest BCUT2D eigenvalue weighted by molar-refractivity contribution is -0.360. The van der Waals surface area contributed by atoms with Crippen molar-refractivity contribution in [3.8, 4) is 6.26 Å². The average Bonchev–Trinajstić information content (AvgIpc) is 2.53. The molecule has 0 radical (unpaired) electrons. The molecule has 0 heterocycles. The summed E-state index contributed by atoms with van der Waals surface area (Å²) < 4.78 is 95.7. The van der Waals surface area contributed by atoms with Crippen molar-refractivity contribution < 1.29 is 45.0 Å². The van der Waals surface area contributed by atoms with Crippen LogP contribution in [0.2, 0.25) is 0 Å². The summed E-state index contributed by atoms with van der Waals surface area (Å²) in [7, 11) is 0. The Kier molecular flexibility index (Phi) is 9.73. The second-order valence-electron chi connectivity index (χ2n) is 5.64. The fourth-order valence-corrected chi connectivity index (χ4v) is 1.95. The van der Waals surface area contributed by atoms with Crippen LogP contribution in [0.4, 0.5) is 30.7 Å². The molecule has 0 aliphatic carbocycles. The van der Waals surface area contributed by atoms with E-state index in [1.165, 1.54) is 0 Å². The van der Waals surface area contributed by atoms with Crippen LogP contribution >= 0.6 is 0 Å². The van der Waals surface area contributed by atoms with Gasteiger partial charge in [0.25, 0.3) is 6.26 Å². The third-order valence-electron chi connectivity index (χ3n) is 3.49. The Balaban J connectivity index is 4.60. The number of nitrogens with zero attached hydrogens (tertiary/aromatic N) is 1. The minimum absolute atomic E-state index is 0.111. The molecule has 1 atom stereocenters. The van der Waals surface area contributed by atoms with Crippen molar-refractivity contribution in [2.45, 2.75) is 76.0 Å². The molecule has 0 N–H and O–H groups in total. The first-order valence-electron chi connectivity index (χ1n) is 7.94. The summed E-state index contributed by atoms with van der Waals surface area (Å²) in [6.45, 7) is -0.481. The summed E-state index contributed by atoms with van der Waals surface area (Å²) >= 11 is 0. The SMILES string of the molecule is CCCCCCCCC(OC#N)C(=O)OCC(F)(F)C(F)(F)C(F)(F)F. The molecule has 0 fully saturated rings. The van der Waals surface area contributed by atoms with Gasteiger partial charge in [0.2, 0.25) is 6.10 Å². The van der Waals surface area contributed by atoms with Gasteiger partial charge in [-0.25, -0.2) is 4.79 Å². The number of nitriles is 1. The third-order valence-corrected chi connectivity index (χ3v) is 3.49.